The molecular formula is C30H36BrN3O5S. The van der Waals surface area contributed by atoms with Crippen molar-refractivity contribution in [1.29, 1.82) is 0 Å². The molecule has 5 rings (SSSR count). The fourth-order valence-electron chi connectivity index (χ4n) is 6.46. The van der Waals surface area contributed by atoms with E-state index in [-0.39, 0.29) is 34.4 Å². The van der Waals surface area contributed by atoms with E-state index >= 15 is 0 Å². The number of hydrogen-bond acceptors (Lipinski definition) is 6. The average molecular weight is 631 g/mol. The number of fused-ring (bicyclic) bond motifs is 1. The van der Waals surface area contributed by atoms with E-state index in [1.165, 1.54) is 0 Å². The Labute approximate surface area is 247 Å². The molecule has 3 heterocycles. The van der Waals surface area contributed by atoms with Crippen LogP contribution in [0.4, 0.5) is 11.4 Å². The number of nitrogens with zero attached hydrogens (tertiary/aromatic N) is 1. The van der Waals surface area contributed by atoms with E-state index in [1.807, 2.05) is 39.0 Å². The topological polar surface area (TPSA) is 108 Å². The van der Waals surface area contributed by atoms with Gasteiger partial charge in [0.15, 0.2) is 0 Å². The standard InChI is InChI=1S/C30H36BrN3O5S/c1-4-39-20-11-9-19(10-12-20)32-27(36)23-24-29(38)34(13-5-6-14-35)26(30(24)16-21(31)25(23)40-30)28(37)33-22-15-17(2)7-8-18(22)3/h7-12,15,21,23-26,35H,4-6,13-14,16H2,1-3H3,(H,32,36)(H,33,37)/t21?,23-,24-,25-,26?,30?/m0/s1. The molecule has 0 aliphatic carbocycles. The van der Waals surface area contributed by atoms with Crippen molar-refractivity contribution in [2.75, 3.05) is 30.4 Å². The average Bonchev–Trinajstić information content (AvgIpc) is 3.51. The number of carbonyl (C=O) groups excluding carboxylic acids is 3. The van der Waals surface area contributed by atoms with E-state index in [9.17, 15) is 19.5 Å². The second-order valence-corrected chi connectivity index (χ2v) is 13.6. The summed E-state index contributed by atoms with van der Waals surface area (Å²) < 4.78 is 4.78. The highest BCUT2D eigenvalue weighted by molar-refractivity contribution is 9.09. The highest BCUT2D eigenvalue weighted by atomic mass is 79.9. The van der Waals surface area contributed by atoms with Gasteiger partial charge >= 0.3 is 0 Å². The second kappa shape index (κ2) is 11.7. The van der Waals surface area contributed by atoms with Crippen LogP contribution < -0.4 is 15.4 Å². The van der Waals surface area contributed by atoms with Crippen LogP contribution >= 0.6 is 27.7 Å². The SMILES string of the molecule is CCOc1ccc(NC(=O)[C@H]2[C@H]3C(=O)N(CCCCO)C(C(=O)Nc4cc(C)ccc4C)C34CC(Br)[C@@H]2S4)cc1. The second-order valence-electron chi connectivity index (χ2n) is 10.9. The predicted molar refractivity (Wildman–Crippen MR) is 161 cm³/mol. The lowest BCUT2D eigenvalue weighted by molar-refractivity contribution is -0.138. The number of hydrogen-bond donors (Lipinski definition) is 3. The monoisotopic (exact) mass is 629 g/mol. The summed E-state index contributed by atoms with van der Waals surface area (Å²) in [6.07, 6.45) is 1.73. The molecule has 3 aliphatic rings. The number of aryl methyl sites for hydroxylation is 2. The van der Waals surface area contributed by atoms with Crippen LogP contribution in [0.1, 0.15) is 37.3 Å². The van der Waals surface area contributed by atoms with Crippen molar-refractivity contribution in [1.82, 2.24) is 4.90 Å². The third-order valence-corrected chi connectivity index (χ3v) is 11.5. The van der Waals surface area contributed by atoms with Gasteiger partial charge in [-0.1, -0.05) is 28.1 Å². The molecule has 0 radical (unpaired) electrons. The number of anilines is 2. The number of aliphatic hydroxyl groups is 1. The highest BCUT2D eigenvalue weighted by Crippen LogP contribution is 2.67. The molecule has 2 aromatic rings. The van der Waals surface area contributed by atoms with Gasteiger partial charge in [0.2, 0.25) is 17.7 Å². The molecule has 8 nitrogen and oxygen atoms in total. The molecule has 0 saturated carbocycles. The summed E-state index contributed by atoms with van der Waals surface area (Å²) in [6, 6.07) is 12.4. The first-order valence-corrected chi connectivity index (χ1v) is 15.6. The largest absolute Gasteiger partial charge is 0.494 e. The van der Waals surface area contributed by atoms with Crippen LogP contribution in [-0.4, -0.2) is 68.4 Å². The molecule has 3 saturated heterocycles. The molecular weight excluding hydrogens is 594 g/mol. The minimum absolute atomic E-state index is 0.00831. The van der Waals surface area contributed by atoms with Crippen LogP contribution in [0.3, 0.4) is 0 Å². The zero-order chi connectivity index (χ0) is 28.6. The molecule has 3 amide bonds. The van der Waals surface area contributed by atoms with Gasteiger partial charge < -0.3 is 25.4 Å². The third kappa shape index (κ3) is 5.14. The number of aliphatic hydroxyl groups excluding tert-OH is 1. The number of halogens is 1. The zero-order valence-electron chi connectivity index (χ0n) is 23.0. The first kappa shape index (κ1) is 29.0. The molecule has 3 fully saturated rings. The smallest absolute Gasteiger partial charge is 0.248 e. The summed E-state index contributed by atoms with van der Waals surface area (Å²) in [4.78, 5) is 43.6. The molecule has 40 heavy (non-hydrogen) atoms. The maximum atomic E-state index is 14.1. The molecule has 2 bridgehead atoms. The summed E-state index contributed by atoms with van der Waals surface area (Å²) in [7, 11) is 0. The number of unbranched alkanes of at least 4 members (excludes halogenated alkanes) is 1. The summed E-state index contributed by atoms with van der Waals surface area (Å²) in [6.45, 7) is 6.76. The van der Waals surface area contributed by atoms with E-state index in [4.69, 9.17) is 4.74 Å². The van der Waals surface area contributed by atoms with Crippen molar-refractivity contribution >= 4 is 56.8 Å². The molecule has 6 atom stereocenters. The number of nitrogens with one attached hydrogen (secondary N) is 2. The van der Waals surface area contributed by atoms with Crippen LogP contribution in [0, 0.1) is 25.7 Å². The van der Waals surface area contributed by atoms with Gasteiger partial charge in [-0.2, -0.15) is 0 Å². The molecule has 3 N–H and O–H groups in total. The lowest BCUT2D eigenvalue weighted by atomic mass is 9.70. The minimum atomic E-state index is -0.724. The van der Waals surface area contributed by atoms with Crippen LogP contribution in [0.15, 0.2) is 42.5 Å². The van der Waals surface area contributed by atoms with Crippen molar-refractivity contribution in [3.8, 4) is 5.75 Å². The molecule has 1 spiro atoms. The Bertz CT molecular complexity index is 1290. The normalized spacial score (nSPS) is 28.5. The first-order chi connectivity index (χ1) is 19.2. The number of likely N-dealkylation sites (tertiary alicyclic amines) is 1. The van der Waals surface area contributed by atoms with Crippen molar-refractivity contribution in [2.45, 2.75) is 60.9 Å². The lowest BCUT2D eigenvalue weighted by Crippen LogP contribution is -2.52. The van der Waals surface area contributed by atoms with Gasteiger partial charge in [0.05, 0.1) is 23.2 Å². The van der Waals surface area contributed by atoms with E-state index in [0.717, 1.165) is 22.6 Å². The Morgan fingerprint density at radius 3 is 2.58 bits per heavy atom. The number of benzene rings is 2. The van der Waals surface area contributed by atoms with Gasteiger partial charge in [-0.15, -0.1) is 11.8 Å². The maximum Gasteiger partial charge on any atom is 0.248 e. The van der Waals surface area contributed by atoms with Crippen molar-refractivity contribution in [3.05, 3.63) is 53.6 Å². The number of amides is 3. The molecule has 3 unspecified atom stereocenters. The van der Waals surface area contributed by atoms with Gasteiger partial charge in [-0.05, 0) is 81.5 Å². The highest BCUT2D eigenvalue weighted by Gasteiger charge is 2.75. The maximum absolute atomic E-state index is 14.1. The molecule has 214 valence electrons. The summed E-state index contributed by atoms with van der Waals surface area (Å²) in [5.74, 6) is -1.06. The molecule has 0 aromatic heterocycles. The fourth-order valence-corrected chi connectivity index (χ4v) is 10.1. The van der Waals surface area contributed by atoms with Gasteiger partial charge in [0, 0.05) is 34.6 Å². The number of alkyl halides is 1. The van der Waals surface area contributed by atoms with Crippen LogP contribution in [0.25, 0.3) is 0 Å². The Morgan fingerprint density at radius 2 is 1.88 bits per heavy atom. The first-order valence-electron chi connectivity index (χ1n) is 13.8. The van der Waals surface area contributed by atoms with E-state index < -0.39 is 22.6 Å². The summed E-state index contributed by atoms with van der Waals surface area (Å²) in [5, 5.41) is 15.4. The Hall–Kier alpha value is -2.56. The summed E-state index contributed by atoms with van der Waals surface area (Å²) in [5.41, 5.74) is 3.33. The zero-order valence-corrected chi connectivity index (χ0v) is 25.4. The van der Waals surface area contributed by atoms with E-state index in [1.54, 1.807) is 40.9 Å². The van der Waals surface area contributed by atoms with Gasteiger partial charge in [0.25, 0.3) is 0 Å². The predicted octanol–water partition coefficient (Wildman–Crippen LogP) is 4.52. The minimum Gasteiger partial charge on any atom is -0.494 e. The van der Waals surface area contributed by atoms with Crippen molar-refractivity contribution < 1.29 is 24.2 Å². The number of rotatable bonds is 10. The number of ether oxygens (including phenoxy) is 1. The van der Waals surface area contributed by atoms with E-state index in [2.05, 4.69) is 26.6 Å². The molecule has 3 aliphatic heterocycles. The van der Waals surface area contributed by atoms with Gasteiger partial charge in [0.1, 0.15) is 11.8 Å². The van der Waals surface area contributed by atoms with Gasteiger partial charge in [-0.3, -0.25) is 14.4 Å². The fraction of sp³-hybridized carbons (Fsp3) is 0.500. The quantitative estimate of drug-likeness (QED) is 0.264. The molecule has 10 heteroatoms. The number of thioether (sulfide) groups is 1. The van der Waals surface area contributed by atoms with Crippen LogP contribution in [-0.2, 0) is 14.4 Å². The van der Waals surface area contributed by atoms with E-state index in [0.29, 0.717) is 38.1 Å². The Morgan fingerprint density at radius 1 is 1.12 bits per heavy atom. The summed E-state index contributed by atoms with van der Waals surface area (Å²) >= 11 is 5.42. The molecule has 2 aromatic carbocycles. The number of carbonyl (C=O) groups is 3. The van der Waals surface area contributed by atoms with Crippen molar-refractivity contribution in [2.24, 2.45) is 11.8 Å². The van der Waals surface area contributed by atoms with Gasteiger partial charge in [-0.25, -0.2) is 0 Å². The Kier molecular flexibility index (Phi) is 8.50. The Balaban J connectivity index is 1.45. The third-order valence-electron chi connectivity index (χ3n) is 8.23. The van der Waals surface area contributed by atoms with Crippen LogP contribution in [0.5, 0.6) is 5.75 Å². The van der Waals surface area contributed by atoms with Crippen molar-refractivity contribution in [3.63, 3.8) is 0 Å². The van der Waals surface area contributed by atoms with Crippen LogP contribution in [0.2, 0.25) is 0 Å². The lowest BCUT2D eigenvalue weighted by Gasteiger charge is -2.35.